The highest BCUT2D eigenvalue weighted by molar-refractivity contribution is 5.77. The number of hydrogen-bond acceptors (Lipinski definition) is 4. The second kappa shape index (κ2) is 6.60. The van der Waals surface area contributed by atoms with Crippen LogP contribution in [0.1, 0.15) is 13.3 Å². The maximum absolute atomic E-state index is 4.49. The van der Waals surface area contributed by atoms with Crippen LogP contribution in [-0.4, -0.2) is 23.1 Å². The maximum atomic E-state index is 4.49. The van der Waals surface area contributed by atoms with E-state index in [1.807, 2.05) is 48.0 Å². The fraction of sp³-hybridized carbons (Fsp3) is 0.278. The quantitative estimate of drug-likeness (QED) is 0.633. The molecule has 5 heteroatoms. The molecule has 23 heavy (non-hydrogen) atoms. The molecule has 3 aromatic rings. The average Bonchev–Trinajstić information content (AvgIpc) is 2.90. The van der Waals surface area contributed by atoms with E-state index in [9.17, 15) is 0 Å². The van der Waals surface area contributed by atoms with Crippen molar-refractivity contribution in [3.05, 3.63) is 48.5 Å². The molecule has 0 bridgehead atoms. The van der Waals surface area contributed by atoms with E-state index < -0.39 is 0 Å². The lowest BCUT2D eigenvalue weighted by atomic mass is 10.2. The van der Waals surface area contributed by atoms with Gasteiger partial charge in [0.15, 0.2) is 0 Å². The van der Waals surface area contributed by atoms with Gasteiger partial charge in [0.25, 0.3) is 0 Å². The first kappa shape index (κ1) is 15.2. The third-order valence-electron chi connectivity index (χ3n) is 3.87. The first-order valence-corrected chi connectivity index (χ1v) is 7.83. The topological polar surface area (TPSA) is 45.8 Å². The number of fused-ring (bicyclic) bond motifs is 1. The summed E-state index contributed by atoms with van der Waals surface area (Å²) in [4.78, 5) is 6.72. The van der Waals surface area contributed by atoms with Crippen LogP contribution in [-0.2, 0) is 7.05 Å². The van der Waals surface area contributed by atoms with Crippen molar-refractivity contribution in [2.75, 3.05) is 18.5 Å². The van der Waals surface area contributed by atoms with Gasteiger partial charge in [-0.1, -0.05) is 19.1 Å². The van der Waals surface area contributed by atoms with Gasteiger partial charge >= 0.3 is 0 Å². The lowest BCUT2D eigenvalue weighted by Gasteiger charge is -2.17. The van der Waals surface area contributed by atoms with Gasteiger partial charge in [0.05, 0.1) is 16.7 Å². The molecular weight excluding hydrogens is 286 g/mol. The molecule has 118 valence electrons. The third-order valence-corrected chi connectivity index (χ3v) is 3.87. The molecule has 0 aliphatic rings. The smallest absolute Gasteiger partial charge is 0.250 e. The van der Waals surface area contributed by atoms with Gasteiger partial charge in [-0.3, -0.25) is 0 Å². The van der Waals surface area contributed by atoms with Crippen LogP contribution in [0.25, 0.3) is 11.0 Å². The van der Waals surface area contributed by atoms with Crippen LogP contribution in [0.4, 0.5) is 17.3 Å². The molecule has 0 atom stereocenters. The minimum atomic E-state index is 0.610. The molecule has 0 fully saturated rings. The zero-order chi connectivity index (χ0) is 16.2. The Morgan fingerprint density at radius 3 is 2.48 bits per heavy atom. The highest BCUT2D eigenvalue weighted by atomic mass is 15.3. The van der Waals surface area contributed by atoms with E-state index >= 15 is 0 Å². The standard InChI is InChI=1S/C18H21N5/c1-4-13-22(2)15-11-9-14(10-12-15)20-21-18-19-16-7-5-6-8-17(16)23(18)3/h5-12H,4,13H2,1-3H3. The van der Waals surface area contributed by atoms with Crippen molar-refractivity contribution in [3.63, 3.8) is 0 Å². The summed E-state index contributed by atoms with van der Waals surface area (Å²) in [5, 5.41) is 8.59. The molecule has 0 aliphatic heterocycles. The Balaban J connectivity index is 1.80. The van der Waals surface area contributed by atoms with Gasteiger partial charge in [0.1, 0.15) is 0 Å². The van der Waals surface area contributed by atoms with Crippen molar-refractivity contribution < 1.29 is 0 Å². The number of anilines is 1. The van der Waals surface area contributed by atoms with Crippen molar-refractivity contribution in [2.24, 2.45) is 17.3 Å². The molecule has 1 aromatic heterocycles. The number of hydrogen-bond donors (Lipinski definition) is 0. The van der Waals surface area contributed by atoms with Gasteiger partial charge in [-0.15, -0.1) is 10.2 Å². The van der Waals surface area contributed by atoms with E-state index in [1.54, 1.807) is 0 Å². The van der Waals surface area contributed by atoms with Crippen LogP contribution in [0, 0.1) is 0 Å². The van der Waals surface area contributed by atoms with Gasteiger partial charge in [-0.05, 0) is 42.8 Å². The summed E-state index contributed by atoms with van der Waals surface area (Å²) < 4.78 is 1.95. The van der Waals surface area contributed by atoms with E-state index in [0.717, 1.165) is 29.7 Å². The number of benzene rings is 2. The Labute approximate surface area is 136 Å². The predicted octanol–water partition coefficient (Wildman–Crippen LogP) is 4.83. The molecule has 0 spiro atoms. The molecule has 0 saturated heterocycles. The predicted molar refractivity (Wildman–Crippen MR) is 94.9 cm³/mol. The lowest BCUT2D eigenvalue weighted by molar-refractivity contribution is 0.852. The van der Waals surface area contributed by atoms with Crippen LogP contribution >= 0.6 is 0 Å². The molecular formula is C18H21N5. The maximum Gasteiger partial charge on any atom is 0.250 e. The normalized spacial score (nSPS) is 11.4. The Bertz CT molecular complexity index is 817. The van der Waals surface area contributed by atoms with Gasteiger partial charge in [-0.25, -0.2) is 4.98 Å². The summed E-state index contributed by atoms with van der Waals surface area (Å²) in [6.07, 6.45) is 1.13. The average molecular weight is 307 g/mol. The molecule has 2 aromatic carbocycles. The monoisotopic (exact) mass is 307 g/mol. The van der Waals surface area contributed by atoms with Crippen LogP contribution in [0.3, 0.4) is 0 Å². The molecule has 0 N–H and O–H groups in total. The minimum absolute atomic E-state index is 0.610. The Morgan fingerprint density at radius 1 is 1.04 bits per heavy atom. The third kappa shape index (κ3) is 3.23. The Morgan fingerprint density at radius 2 is 1.78 bits per heavy atom. The van der Waals surface area contributed by atoms with Crippen molar-refractivity contribution >= 4 is 28.4 Å². The second-order valence-electron chi connectivity index (χ2n) is 5.60. The number of aromatic nitrogens is 2. The largest absolute Gasteiger partial charge is 0.375 e. The number of imidazole rings is 1. The number of nitrogens with zero attached hydrogens (tertiary/aromatic N) is 5. The van der Waals surface area contributed by atoms with Crippen molar-refractivity contribution in [2.45, 2.75) is 13.3 Å². The summed E-state index contributed by atoms with van der Waals surface area (Å²) in [6.45, 7) is 3.22. The number of rotatable bonds is 5. The fourth-order valence-electron chi connectivity index (χ4n) is 2.56. The fourth-order valence-corrected chi connectivity index (χ4v) is 2.56. The highest BCUT2D eigenvalue weighted by Gasteiger charge is 2.05. The molecule has 0 saturated carbocycles. The van der Waals surface area contributed by atoms with E-state index in [0.29, 0.717) is 5.95 Å². The molecule has 1 heterocycles. The van der Waals surface area contributed by atoms with Gasteiger partial charge in [-0.2, -0.15) is 0 Å². The van der Waals surface area contributed by atoms with Crippen molar-refractivity contribution in [1.29, 1.82) is 0 Å². The minimum Gasteiger partial charge on any atom is -0.375 e. The van der Waals surface area contributed by atoms with Crippen LogP contribution in [0.5, 0.6) is 0 Å². The summed E-state index contributed by atoms with van der Waals surface area (Å²) >= 11 is 0. The van der Waals surface area contributed by atoms with E-state index in [4.69, 9.17) is 0 Å². The Kier molecular flexibility index (Phi) is 4.37. The van der Waals surface area contributed by atoms with Gasteiger partial charge in [0.2, 0.25) is 5.95 Å². The summed E-state index contributed by atoms with van der Waals surface area (Å²) in [5.74, 6) is 0.610. The number of azo groups is 1. The van der Waals surface area contributed by atoms with E-state index in [1.165, 1.54) is 5.69 Å². The van der Waals surface area contributed by atoms with Gasteiger partial charge < -0.3 is 9.47 Å². The lowest BCUT2D eigenvalue weighted by Crippen LogP contribution is -2.17. The molecule has 0 unspecified atom stereocenters. The molecule has 0 radical (unpaired) electrons. The Hall–Kier alpha value is -2.69. The summed E-state index contributed by atoms with van der Waals surface area (Å²) in [5.41, 5.74) is 4.00. The van der Waals surface area contributed by atoms with Crippen LogP contribution < -0.4 is 4.90 Å². The van der Waals surface area contributed by atoms with Crippen LogP contribution in [0.15, 0.2) is 58.8 Å². The van der Waals surface area contributed by atoms with Crippen LogP contribution in [0.2, 0.25) is 0 Å². The van der Waals surface area contributed by atoms with Crippen molar-refractivity contribution in [1.82, 2.24) is 9.55 Å². The first-order valence-electron chi connectivity index (χ1n) is 7.83. The van der Waals surface area contributed by atoms with E-state index in [2.05, 4.69) is 46.2 Å². The second-order valence-corrected chi connectivity index (χ2v) is 5.60. The van der Waals surface area contributed by atoms with E-state index in [-0.39, 0.29) is 0 Å². The molecule has 0 aliphatic carbocycles. The molecule has 3 rings (SSSR count). The zero-order valence-electron chi connectivity index (χ0n) is 13.8. The highest BCUT2D eigenvalue weighted by Crippen LogP contribution is 2.23. The molecule has 0 amide bonds. The number of aryl methyl sites for hydroxylation is 1. The summed E-state index contributed by atoms with van der Waals surface area (Å²) in [7, 11) is 4.05. The zero-order valence-corrected chi connectivity index (χ0v) is 13.8. The van der Waals surface area contributed by atoms with Crippen molar-refractivity contribution in [3.8, 4) is 0 Å². The first-order chi connectivity index (χ1) is 11.2. The molecule has 5 nitrogen and oxygen atoms in total. The van der Waals surface area contributed by atoms with Gasteiger partial charge in [0, 0.05) is 26.3 Å². The SMILES string of the molecule is CCCN(C)c1ccc(N=Nc2nc3ccccc3n2C)cc1. The number of para-hydroxylation sites is 2. The summed E-state index contributed by atoms with van der Waals surface area (Å²) in [6, 6.07) is 16.1.